The van der Waals surface area contributed by atoms with E-state index in [1.807, 2.05) is 12.3 Å². The summed E-state index contributed by atoms with van der Waals surface area (Å²) in [5.74, 6) is 0. The van der Waals surface area contributed by atoms with Gasteiger partial charge in [-0.2, -0.15) is 5.10 Å². The Morgan fingerprint density at radius 3 is 3.23 bits per heavy atom. The molecular weight excluding hydrogens is 170 g/mol. The molecule has 2 heterocycles. The lowest BCUT2D eigenvalue weighted by Crippen LogP contribution is -2.20. The van der Waals surface area contributed by atoms with Crippen LogP contribution in [0.25, 0.3) is 10.4 Å². The molecule has 1 aromatic rings. The fraction of sp³-hybridized carbons (Fsp3) is 0.571. The van der Waals surface area contributed by atoms with E-state index in [0.29, 0.717) is 13.2 Å². The van der Waals surface area contributed by atoms with Crippen LogP contribution >= 0.6 is 0 Å². The Bertz CT molecular complexity index is 316. The molecule has 0 amide bonds. The summed E-state index contributed by atoms with van der Waals surface area (Å²) in [5.41, 5.74) is 8.32. The average molecular weight is 179 g/mol. The van der Waals surface area contributed by atoms with Gasteiger partial charge in [-0.25, -0.2) is 0 Å². The molecule has 1 saturated heterocycles. The number of rotatable bonds is 2. The van der Waals surface area contributed by atoms with Crippen LogP contribution in [0, 0.1) is 0 Å². The van der Waals surface area contributed by atoms with Gasteiger partial charge in [0, 0.05) is 17.3 Å². The highest BCUT2D eigenvalue weighted by Gasteiger charge is 2.28. The van der Waals surface area contributed by atoms with Gasteiger partial charge in [0.15, 0.2) is 0 Å². The zero-order valence-corrected chi connectivity index (χ0v) is 6.95. The van der Waals surface area contributed by atoms with E-state index in [-0.39, 0.29) is 12.1 Å². The third-order valence-electron chi connectivity index (χ3n) is 2.09. The monoisotopic (exact) mass is 179 g/mol. The van der Waals surface area contributed by atoms with Crippen molar-refractivity contribution in [3.63, 3.8) is 0 Å². The quantitative estimate of drug-likeness (QED) is 0.387. The van der Waals surface area contributed by atoms with Crippen LogP contribution < -0.4 is 0 Å². The average Bonchev–Trinajstić information content (AvgIpc) is 2.71. The molecule has 0 bridgehead atoms. The molecule has 13 heavy (non-hydrogen) atoms. The fourth-order valence-corrected chi connectivity index (χ4v) is 1.44. The second-order valence-electron chi connectivity index (χ2n) is 2.86. The number of ether oxygens (including phenoxy) is 1. The molecule has 0 radical (unpaired) electrons. The summed E-state index contributed by atoms with van der Waals surface area (Å²) in [6, 6.07) is 1.75. The highest BCUT2D eigenvalue weighted by molar-refractivity contribution is 4.90. The zero-order chi connectivity index (χ0) is 9.10. The molecule has 0 aromatic carbocycles. The molecule has 0 spiro atoms. The van der Waals surface area contributed by atoms with Crippen LogP contribution in [0.5, 0.6) is 0 Å². The SMILES string of the molecule is [N-]=[N+]=N[C@H]1COC[C@H]1n1cccn1. The lowest BCUT2D eigenvalue weighted by atomic mass is 10.2. The topological polar surface area (TPSA) is 75.8 Å². The first kappa shape index (κ1) is 8.10. The van der Waals surface area contributed by atoms with Crippen molar-refractivity contribution in [3.05, 3.63) is 28.9 Å². The molecule has 2 atom stereocenters. The van der Waals surface area contributed by atoms with E-state index in [0.717, 1.165) is 0 Å². The molecular formula is C7H9N5O. The summed E-state index contributed by atoms with van der Waals surface area (Å²) in [7, 11) is 0. The third kappa shape index (κ3) is 1.49. The van der Waals surface area contributed by atoms with Crippen LogP contribution in [0.15, 0.2) is 23.6 Å². The Morgan fingerprint density at radius 2 is 2.54 bits per heavy atom. The Hall–Kier alpha value is -1.52. The number of hydrogen-bond acceptors (Lipinski definition) is 3. The summed E-state index contributed by atoms with van der Waals surface area (Å²) in [4.78, 5) is 2.78. The van der Waals surface area contributed by atoms with E-state index >= 15 is 0 Å². The zero-order valence-electron chi connectivity index (χ0n) is 6.95. The standard InChI is InChI=1S/C7H9N5O/c8-11-10-6-4-13-5-7(6)12-3-1-2-9-12/h1-3,6-7H,4-5H2/t6-,7+/m0/s1. The van der Waals surface area contributed by atoms with E-state index in [1.54, 1.807) is 10.9 Å². The van der Waals surface area contributed by atoms with Crippen LogP contribution in [-0.2, 0) is 4.74 Å². The van der Waals surface area contributed by atoms with Crippen molar-refractivity contribution in [2.24, 2.45) is 5.11 Å². The Morgan fingerprint density at radius 1 is 1.62 bits per heavy atom. The first-order valence-electron chi connectivity index (χ1n) is 4.03. The van der Waals surface area contributed by atoms with Crippen LogP contribution in [0.1, 0.15) is 6.04 Å². The molecule has 0 N–H and O–H groups in total. The lowest BCUT2D eigenvalue weighted by Gasteiger charge is -2.12. The van der Waals surface area contributed by atoms with Crippen LogP contribution in [0.2, 0.25) is 0 Å². The normalized spacial score (nSPS) is 27.1. The predicted octanol–water partition coefficient (Wildman–Crippen LogP) is 1.13. The summed E-state index contributed by atoms with van der Waals surface area (Å²) >= 11 is 0. The van der Waals surface area contributed by atoms with E-state index in [2.05, 4.69) is 15.1 Å². The van der Waals surface area contributed by atoms with Crippen molar-refractivity contribution in [1.82, 2.24) is 9.78 Å². The number of azide groups is 1. The van der Waals surface area contributed by atoms with Gasteiger partial charge in [-0.3, -0.25) is 4.68 Å². The van der Waals surface area contributed by atoms with Crippen molar-refractivity contribution < 1.29 is 4.74 Å². The fourth-order valence-electron chi connectivity index (χ4n) is 1.44. The lowest BCUT2D eigenvalue weighted by molar-refractivity contribution is 0.183. The maximum Gasteiger partial charge on any atom is 0.0859 e. The van der Waals surface area contributed by atoms with Crippen molar-refractivity contribution >= 4 is 0 Å². The van der Waals surface area contributed by atoms with Gasteiger partial charge < -0.3 is 4.74 Å². The predicted molar refractivity (Wildman–Crippen MR) is 45.0 cm³/mol. The summed E-state index contributed by atoms with van der Waals surface area (Å²) < 4.78 is 6.99. The van der Waals surface area contributed by atoms with Crippen LogP contribution in [-0.4, -0.2) is 29.0 Å². The minimum absolute atomic E-state index is 0.0471. The minimum atomic E-state index is -0.134. The van der Waals surface area contributed by atoms with Gasteiger partial charge >= 0.3 is 0 Å². The highest BCUT2D eigenvalue weighted by Crippen LogP contribution is 2.21. The third-order valence-corrected chi connectivity index (χ3v) is 2.09. The number of aromatic nitrogens is 2. The van der Waals surface area contributed by atoms with Gasteiger partial charge in [0.1, 0.15) is 0 Å². The molecule has 0 unspecified atom stereocenters. The summed E-state index contributed by atoms with van der Waals surface area (Å²) in [5, 5.41) is 7.74. The molecule has 2 rings (SSSR count). The molecule has 1 aliphatic heterocycles. The number of nitrogens with zero attached hydrogens (tertiary/aromatic N) is 5. The van der Waals surface area contributed by atoms with Crippen LogP contribution in [0.3, 0.4) is 0 Å². The Balaban J connectivity index is 2.18. The van der Waals surface area contributed by atoms with Gasteiger partial charge in [-0.1, -0.05) is 5.11 Å². The summed E-state index contributed by atoms with van der Waals surface area (Å²) in [6.45, 7) is 1.04. The Labute approximate surface area is 74.7 Å². The second kappa shape index (κ2) is 3.47. The van der Waals surface area contributed by atoms with E-state index in [1.165, 1.54) is 0 Å². The smallest absolute Gasteiger partial charge is 0.0859 e. The molecule has 0 saturated carbocycles. The van der Waals surface area contributed by atoms with E-state index in [4.69, 9.17) is 10.3 Å². The number of hydrogen-bond donors (Lipinski definition) is 0. The van der Waals surface area contributed by atoms with Crippen molar-refractivity contribution in [2.75, 3.05) is 13.2 Å². The molecule has 1 aromatic heterocycles. The summed E-state index contributed by atoms with van der Waals surface area (Å²) in [6.07, 6.45) is 3.55. The van der Waals surface area contributed by atoms with E-state index < -0.39 is 0 Å². The van der Waals surface area contributed by atoms with Gasteiger partial charge in [0.25, 0.3) is 0 Å². The van der Waals surface area contributed by atoms with Crippen LogP contribution in [0.4, 0.5) is 0 Å². The van der Waals surface area contributed by atoms with Gasteiger partial charge in [0.05, 0.1) is 25.3 Å². The largest absolute Gasteiger partial charge is 0.379 e. The first-order valence-corrected chi connectivity index (χ1v) is 4.03. The highest BCUT2D eigenvalue weighted by atomic mass is 16.5. The first-order chi connectivity index (χ1) is 6.42. The second-order valence-corrected chi connectivity index (χ2v) is 2.86. The maximum absolute atomic E-state index is 8.32. The van der Waals surface area contributed by atoms with Gasteiger partial charge in [0.2, 0.25) is 0 Å². The van der Waals surface area contributed by atoms with E-state index in [9.17, 15) is 0 Å². The molecule has 68 valence electrons. The molecule has 0 aliphatic carbocycles. The van der Waals surface area contributed by atoms with Gasteiger partial charge in [-0.15, -0.1) is 0 Å². The Kier molecular flexibility index (Phi) is 2.16. The van der Waals surface area contributed by atoms with Crippen molar-refractivity contribution in [2.45, 2.75) is 12.1 Å². The molecule has 6 nitrogen and oxygen atoms in total. The van der Waals surface area contributed by atoms with Gasteiger partial charge in [-0.05, 0) is 11.6 Å². The maximum atomic E-state index is 8.32. The van der Waals surface area contributed by atoms with Crippen molar-refractivity contribution in [3.8, 4) is 0 Å². The van der Waals surface area contributed by atoms with Crippen molar-refractivity contribution in [1.29, 1.82) is 0 Å². The molecule has 1 fully saturated rings. The molecule has 1 aliphatic rings. The molecule has 6 heteroatoms. The minimum Gasteiger partial charge on any atom is -0.379 e.